The van der Waals surface area contributed by atoms with Gasteiger partial charge in [-0.15, -0.1) is 5.10 Å². The minimum Gasteiger partial charge on any atom is -0.497 e. The highest BCUT2D eigenvalue weighted by Crippen LogP contribution is 2.54. The monoisotopic (exact) mass is 462 g/mol. The zero-order valence-corrected chi connectivity index (χ0v) is 17.2. The molecule has 0 bridgehead atoms. The van der Waals surface area contributed by atoms with Crippen LogP contribution in [-0.4, -0.2) is 35.8 Å². The molecule has 0 spiro atoms. The lowest BCUT2D eigenvalue weighted by molar-refractivity contribution is -0.119. The number of methoxy groups -OCH3 is 1. The van der Waals surface area contributed by atoms with E-state index in [0.717, 1.165) is 18.2 Å². The van der Waals surface area contributed by atoms with Gasteiger partial charge in [0.1, 0.15) is 35.1 Å². The van der Waals surface area contributed by atoms with E-state index in [9.17, 15) is 22.4 Å². The number of rotatable bonds is 6. The smallest absolute Gasteiger partial charge is 0.316 e. The Kier molecular flexibility index (Phi) is 5.18. The summed E-state index contributed by atoms with van der Waals surface area (Å²) in [5.41, 5.74) is 0.229. The van der Waals surface area contributed by atoms with Gasteiger partial charge in [0.25, 0.3) is 0 Å². The number of nitrogens with one attached hydrogen (secondary N) is 2. The van der Waals surface area contributed by atoms with Crippen molar-refractivity contribution in [2.75, 3.05) is 19.0 Å². The average molecular weight is 462 g/mol. The molecule has 2 N–H and O–H groups in total. The molecule has 7 nitrogen and oxygen atoms in total. The van der Waals surface area contributed by atoms with Crippen molar-refractivity contribution in [1.82, 2.24) is 15.5 Å². The molecule has 1 aliphatic heterocycles. The van der Waals surface area contributed by atoms with Gasteiger partial charge < -0.3 is 19.8 Å². The molecule has 5 rings (SSSR count). The lowest BCUT2D eigenvalue weighted by Gasteiger charge is -2.19. The number of benzene rings is 2. The average Bonchev–Trinajstić information content (AvgIpc) is 3.30. The number of nitrogens with zero attached hydrogens (tertiary/aromatic N) is 2. The Hall–Kier alpha value is -3.63. The van der Waals surface area contributed by atoms with Crippen molar-refractivity contribution in [3.8, 4) is 5.75 Å². The molecule has 33 heavy (non-hydrogen) atoms. The van der Waals surface area contributed by atoms with E-state index in [1.807, 2.05) is 0 Å². The lowest BCUT2D eigenvalue weighted by Crippen LogP contribution is -2.33. The van der Waals surface area contributed by atoms with Crippen LogP contribution in [0.1, 0.15) is 41.2 Å². The quantitative estimate of drug-likeness (QED) is 0.545. The molecule has 0 radical (unpaired) electrons. The summed E-state index contributed by atoms with van der Waals surface area (Å²) < 4.78 is 66.6. The summed E-state index contributed by atoms with van der Waals surface area (Å²) in [6.45, 7) is 0.00744. The van der Waals surface area contributed by atoms with Crippen LogP contribution in [0.2, 0.25) is 0 Å². The fraction of sp³-hybridized carbons (Fsp3) is 0.318. The second kappa shape index (κ2) is 8.05. The molecular weight excluding hydrogens is 444 g/mol. The van der Waals surface area contributed by atoms with E-state index in [1.54, 1.807) is 0 Å². The molecule has 1 aromatic heterocycles. The fourth-order valence-electron chi connectivity index (χ4n) is 4.29. The van der Waals surface area contributed by atoms with E-state index in [2.05, 4.69) is 20.8 Å². The Labute approximate surface area is 185 Å². The molecule has 1 aliphatic carbocycles. The first-order valence-corrected chi connectivity index (χ1v) is 10.2. The number of anilines is 1. The highest BCUT2D eigenvalue weighted by atomic mass is 19.1. The maximum atomic E-state index is 14.6. The predicted molar refractivity (Wildman–Crippen MR) is 107 cm³/mol. The van der Waals surface area contributed by atoms with Crippen molar-refractivity contribution >= 4 is 11.9 Å². The number of hydrogen-bond donors (Lipinski definition) is 2. The molecule has 1 saturated heterocycles. The minimum atomic E-state index is -1.05. The molecule has 2 heterocycles. The van der Waals surface area contributed by atoms with Crippen LogP contribution in [0.3, 0.4) is 0 Å². The first kappa shape index (κ1) is 21.2. The largest absolute Gasteiger partial charge is 0.497 e. The van der Waals surface area contributed by atoms with E-state index in [-0.39, 0.29) is 41.6 Å². The van der Waals surface area contributed by atoms with Crippen molar-refractivity contribution in [1.29, 1.82) is 0 Å². The van der Waals surface area contributed by atoms with Gasteiger partial charge in [-0.3, -0.25) is 4.79 Å². The number of hydrogen-bond acceptors (Lipinski definition) is 6. The van der Waals surface area contributed by atoms with Crippen molar-refractivity contribution in [2.45, 2.75) is 30.2 Å². The molecular formula is C22H18F4N4O3. The van der Waals surface area contributed by atoms with Crippen LogP contribution in [0.15, 0.2) is 34.7 Å². The summed E-state index contributed by atoms with van der Waals surface area (Å²) in [7, 11) is 1.29. The van der Waals surface area contributed by atoms with Gasteiger partial charge in [-0.25, -0.2) is 17.6 Å². The Balaban J connectivity index is 1.33. The minimum absolute atomic E-state index is 0.00744. The maximum Gasteiger partial charge on any atom is 0.316 e. The molecule has 2 aromatic carbocycles. The zero-order chi connectivity index (χ0) is 23.3. The number of halogens is 4. The fourth-order valence-corrected chi connectivity index (χ4v) is 4.29. The molecule has 2 fully saturated rings. The highest BCUT2D eigenvalue weighted by Gasteiger charge is 2.45. The summed E-state index contributed by atoms with van der Waals surface area (Å²) >= 11 is 0. The van der Waals surface area contributed by atoms with Crippen LogP contribution in [0, 0.1) is 23.3 Å². The first-order chi connectivity index (χ1) is 15.8. The number of aromatic nitrogens is 2. The molecule has 11 heteroatoms. The second-order valence-corrected chi connectivity index (χ2v) is 8.08. The van der Waals surface area contributed by atoms with Gasteiger partial charge in [-0.2, -0.15) is 0 Å². The number of carbonyl (C=O) groups is 1. The van der Waals surface area contributed by atoms with Gasteiger partial charge in [0.05, 0.1) is 7.11 Å². The summed E-state index contributed by atoms with van der Waals surface area (Å²) in [5.74, 6) is -4.49. The van der Waals surface area contributed by atoms with Gasteiger partial charge in [0.15, 0.2) is 0 Å². The SMILES string of the molecule is COc1cc(F)c(C2CNC(=O)C2Nc2nnc(C3CC3c3cc(F)cc(F)c3)o2)c(F)c1. The van der Waals surface area contributed by atoms with Crippen molar-refractivity contribution in [2.24, 2.45) is 0 Å². The van der Waals surface area contributed by atoms with Crippen LogP contribution in [0.4, 0.5) is 23.6 Å². The first-order valence-electron chi connectivity index (χ1n) is 10.2. The standard InChI is InChI=1S/C22H18F4N4O3/c1-32-12-5-16(25)18(17(26)6-12)15-8-27-20(31)19(15)28-22-30-29-21(33-22)14-7-13(14)9-2-10(23)4-11(24)3-9/h2-6,13-15,19H,7-8H2,1H3,(H,27,31)(H,28,30). The zero-order valence-electron chi connectivity index (χ0n) is 17.2. The molecule has 4 unspecified atom stereocenters. The third kappa shape index (κ3) is 3.98. The number of amides is 1. The molecule has 2 aliphatic rings. The summed E-state index contributed by atoms with van der Waals surface area (Å²) in [6, 6.07) is 4.26. The Morgan fingerprint density at radius 3 is 2.36 bits per heavy atom. The van der Waals surface area contributed by atoms with Crippen LogP contribution in [-0.2, 0) is 4.79 Å². The van der Waals surface area contributed by atoms with Gasteiger partial charge in [0, 0.05) is 42.1 Å². The summed E-state index contributed by atoms with van der Waals surface area (Å²) in [5, 5.41) is 13.2. The van der Waals surface area contributed by atoms with Gasteiger partial charge in [-0.1, -0.05) is 5.10 Å². The van der Waals surface area contributed by atoms with Crippen LogP contribution in [0.5, 0.6) is 5.75 Å². The Morgan fingerprint density at radius 2 is 1.70 bits per heavy atom. The van der Waals surface area contributed by atoms with Gasteiger partial charge >= 0.3 is 6.01 Å². The third-order valence-electron chi connectivity index (χ3n) is 5.98. The number of carbonyl (C=O) groups excluding carboxylic acids is 1. The molecule has 172 valence electrons. The molecule has 1 saturated carbocycles. The Morgan fingerprint density at radius 1 is 1.00 bits per heavy atom. The van der Waals surface area contributed by atoms with E-state index in [4.69, 9.17) is 9.15 Å². The van der Waals surface area contributed by atoms with Crippen LogP contribution in [0.25, 0.3) is 0 Å². The third-order valence-corrected chi connectivity index (χ3v) is 5.98. The van der Waals surface area contributed by atoms with E-state index >= 15 is 0 Å². The lowest BCUT2D eigenvalue weighted by atomic mass is 9.93. The normalized spacial score (nSPS) is 24.0. The van der Waals surface area contributed by atoms with Crippen LogP contribution < -0.4 is 15.4 Å². The van der Waals surface area contributed by atoms with Crippen molar-refractivity contribution < 1.29 is 31.5 Å². The highest BCUT2D eigenvalue weighted by molar-refractivity contribution is 5.88. The van der Waals surface area contributed by atoms with E-state index < -0.39 is 41.1 Å². The van der Waals surface area contributed by atoms with Gasteiger partial charge in [0.2, 0.25) is 11.8 Å². The molecule has 3 aromatic rings. The second-order valence-electron chi connectivity index (χ2n) is 8.08. The summed E-state index contributed by atoms with van der Waals surface area (Å²) in [6.07, 6.45) is 0.569. The summed E-state index contributed by atoms with van der Waals surface area (Å²) in [4.78, 5) is 12.4. The topological polar surface area (TPSA) is 89.3 Å². The van der Waals surface area contributed by atoms with Gasteiger partial charge in [-0.05, 0) is 30.0 Å². The number of ether oxygens (including phenoxy) is 1. The van der Waals surface area contributed by atoms with E-state index in [1.165, 1.54) is 19.2 Å². The Bertz CT molecular complexity index is 1190. The van der Waals surface area contributed by atoms with Crippen molar-refractivity contribution in [3.63, 3.8) is 0 Å². The van der Waals surface area contributed by atoms with E-state index in [0.29, 0.717) is 12.0 Å². The predicted octanol–water partition coefficient (Wildman–Crippen LogP) is 3.60. The van der Waals surface area contributed by atoms with Crippen molar-refractivity contribution in [3.05, 3.63) is 70.6 Å². The molecule has 1 amide bonds. The molecule has 4 atom stereocenters. The maximum absolute atomic E-state index is 14.6. The van der Waals surface area contributed by atoms with Crippen LogP contribution >= 0.6 is 0 Å².